The zero-order valence-corrected chi connectivity index (χ0v) is 26.9. The second-order valence-electron chi connectivity index (χ2n) is 12.3. The van der Waals surface area contributed by atoms with Crippen molar-refractivity contribution >= 4 is 12.2 Å². The van der Waals surface area contributed by atoms with E-state index in [4.69, 9.17) is 33.2 Å². The molecular weight excluding hydrogens is 652 g/mol. The normalized spacial score (nSPS) is 39.9. The van der Waals surface area contributed by atoms with E-state index in [1.165, 1.54) is 27.0 Å². The topological polar surface area (TPSA) is 247 Å². The van der Waals surface area contributed by atoms with Gasteiger partial charge in [-0.25, -0.2) is 0 Å². The lowest BCUT2D eigenvalue weighted by atomic mass is 9.97. The molecule has 3 saturated heterocycles. The van der Waals surface area contributed by atoms with Crippen LogP contribution in [-0.4, -0.2) is 152 Å². The molecule has 2 aromatic carbocycles. The van der Waals surface area contributed by atoms with E-state index in [1.54, 1.807) is 48.6 Å². The maximum Gasteiger partial charge on any atom is 0.229 e. The van der Waals surface area contributed by atoms with Crippen LogP contribution in [0.25, 0.3) is 12.2 Å². The van der Waals surface area contributed by atoms with Gasteiger partial charge in [-0.3, -0.25) is 0 Å². The number of hydrogen-bond acceptors (Lipinski definition) is 16. The van der Waals surface area contributed by atoms with Crippen LogP contribution in [0.15, 0.2) is 42.5 Å². The Morgan fingerprint density at radius 1 is 0.612 bits per heavy atom. The summed E-state index contributed by atoms with van der Waals surface area (Å²) in [4.78, 5) is 0. The molecule has 5 rings (SSSR count). The molecule has 0 saturated carbocycles. The fourth-order valence-electron chi connectivity index (χ4n) is 5.69. The number of hydrogen-bond donors (Lipinski definition) is 9. The van der Waals surface area contributed by atoms with Gasteiger partial charge in [0.25, 0.3) is 0 Å². The molecule has 9 N–H and O–H groups in total. The molecule has 15 unspecified atom stereocenters. The molecule has 3 aliphatic rings. The van der Waals surface area contributed by atoms with Crippen LogP contribution in [-0.2, 0) is 23.7 Å². The Balaban J connectivity index is 1.39. The molecule has 3 aliphatic heterocycles. The predicted octanol–water partition coefficient (Wildman–Crippen LogP) is -1.55. The average molecular weight is 697 g/mol. The average Bonchev–Trinajstić information content (AvgIpc) is 3.09. The Bertz CT molecular complexity index is 1390. The van der Waals surface area contributed by atoms with E-state index in [0.29, 0.717) is 11.3 Å². The molecule has 0 radical (unpaired) electrons. The number of phenols is 1. The van der Waals surface area contributed by atoms with Crippen LogP contribution in [0, 0.1) is 0 Å². The number of rotatable bonds is 10. The van der Waals surface area contributed by atoms with Crippen molar-refractivity contribution in [1.82, 2.24) is 0 Å². The third-order valence-electron chi connectivity index (χ3n) is 8.73. The van der Waals surface area contributed by atoms with Gasteiger partial charge < -0.3 is 79.1 Å². The van der Waals surface area contributed by atoms with Crippen molar-refractivity contribution in [2.24, 2.45) is 0 Å². The van der Waals surface area contributed by atoms with Gasteiger partial charge in [0.2, 0.25) is 6.29 Å². The van der Waals surface area contributed by atoms with Crippen LogP contribution in [0.5, 0.6) is 17.2 Å². The second kappa shape index (κ2) is 15.9. The highest BCUT2D eigenvalue weighted by Gasteiger charge is 2.52. The Kier molecular flexibility index (Phi) is 12.1. The van der Waals surface area contributed by atoms with E-state index in [0.717, 1.165) is 5.56 Å². The molecule has 3 fully saturated rings. The summed E-state index contributed by atoms with van der Waals surface area (Å²) in [6.07, 6.45) is -18.7. The standard InChI is InChI=1S/C33H44O16/c1-14-22(35)25(38)28(41)31(45-14)44-13-21-24(37)27(40)30(49-32-29(42)26(39)23(36)15(2)46-32)33(48-21)47-20-11-17(10-19(12-20)43-3)5-4-16-6-8-18(34)9-7-16/h4-12,14-15,21-42H,13H2,1-3H3. The fourth-order valence-corrected chi connectivity index (χ4v) is 5.69. The minimum absolute atomic E-state index is 0.120. The second-order valence-corrected chi connectivity index (χ2v) is 12.3. The van der Waals surface area contributed by atoms with Crippen molar-refractivity contribution in [1.29, 1.82) is 0 Å². The summed E-state index contributed by atoms with van der Waals surface area (Å²) in [7, 11) is 1.45. The van der Waals surface area contributed by atoms with Crippen LogP contribution in [0.3, 0.4) is 0 Å². The zero-order valence-electron chi connectivity index (χ0n) is 26.9. The molecule has 272 valence electrons. The predicted molar refractivity (Wildman–Crippen MR) is 167 cm³/mol. The van der Waals surface area contributed by atoms with Gasteiger partial charge in [0.15, 0.2) is 18.7 Å². The number of aromatic hydroxyl groups is 1. The first-order valence-corrected chi connectivity index (χ1v) is 15.8. The lowest BCUT2D eigenvalue weighted by molar-refractivity contribution is -0.360. The van der Waals surface area contributed by atoms with Crippen molar-refractivity contribution < 1.29 is 79.1 Å². The van der Waals surface area contributed by atoms with Crippen LogP contribution >= 0.6 is 0 Å². The third kappa shape index (κ3) is 8.51. The molecular formula is C33H44O16. The van der Waals surface area contributed by atoms with Gasteiger partial charge in [-0.05, 0) is 49.2 Å². The Morgan fingerprint density at radius 2 is 1.18 bits per heavy atom. The van der Waals surface area contributed by atoms with Crippen molar-refractivity contribution in [2.45, 2.75) is 106 Å². The minimum Gasteiger partial charge on any atom is -0.508 e. The van der Waals surface area contributed by atoms with Crippen molar-refractivity contribution in [2.75, 3.05) is 13.7 Å². The number of aliphatic hydroxyl groups is 8. The lowest BCUT2D eigenvalue weighted by Gasteiger charge is -2.46. The number of phenolic OH excluding ortho intramolecular Hbond substituents is 1. The first-order valence-electron chi connectivity index (χ1n) is 15.8. The molecule has 15 atom stereocenters. The first-order chi connectivity index (χ1) is 23.3. The van der Waals surface area contributed by atoms with Gasteiger partial charge >= 0.3 is 0 Å². The summed E-state index contributed by atoms with van der Waals surface area (Å²) in [5.41, 5.74) is 1.41. The van der Waals surface area contributed by atoms with Gasteiger partial charge in [-0.1, -0.05) is 24.3 Å². The quantitative estimate of drug-likeness (QED) is 0.128. The highest BCUT2D eigenvalue weighted by Crippen LogP contribution is 2.33. The van der Waals surface area contributed by atoms with E-state index in [2.05, 4.69) is 0 Å². The number of benzene rings is 2. The highest BCUT2D eigenvalue weighted by molar-refractivity contribution is 5.71. The molecule has 0 amide bonds. The molecule has 16 heteroatoms. The summed E-state index contributed by atoms with van der Waals surface area (Å²) in [5.74, 6) is 0.665. The van der Waals surface area contributed by atoms with E-state index in [9.17, 15) is 46.0 Å². The van der Waals surface area contributed by atoms with E-state index in [-0.39, 0.29) is 11.5 Å². The largest absolute Gasteiger partial charge is 0.508 e. The van der Waals surface area contributed by atoms with Crippen LogP contribution < -0.4 is 9.47 Å². The lowest BCUT2D eigenvalue weighted by Crippen LogP contribution is -2.65. The SMILES string of the molecule is COc1cc(C=Cc2ccc(O)cc2)cc(OC2OC(COC3OC(C)C(O)C(O)C3O)C(O)C(O)C2OC2OC(C)C(O)C(O)C2O)c1. The van der Waals surface area contributed by atoms with Gasteiger partial charge in [0.05, 0.1) is 25.9 Å². The summed E-state index contributed by atoms with van der Waals surface area (Å²) in [6, 6.07) is 11.4. The maximum absolute atomic E-state index is 11.3. The summed E-state index contributed by atoms with van der Waals surface area (Å²) < 4.78 is 40.1. The van der Waals surface area contributed by atoms with Gasteiger partial charge in [-0.15, -0.1) is 0 Å². The van der Waals surface area contributed by atoms with E-state index >= 15 is 0 Å². The molecule has 2 aromatic rings. The van der Waals surface area contributed by atoms with Crippen LogP contribution in [0.2, 0.25) is 0 Å². The van der Waals surface area contributed by atoms with E-state index < -0.39 is 98.7 Å². The zero-order chi connectivity index (χ0) is 35.6. The van der Waals surface area contributed by atoms with Crippen molar-refractivity contribution in [3.05, 3.63) is 53.6 Å². The highest BCUT2D eigenvalue weighted by atomic mass is 16.8. The maximum atomic E-state index is 11.3. The fraction of sp³-hybridized carbons (Fsp3) is 0.576. The third-order valence-corrected chi connectivity index (χ3v) is 8.73. The summed E-state index contributed by atoms with van der Waals surface area (Å²) in [5, 5.41) is 93.5. The monoisotopic (exact) mass is 696 g/mol. The minimum atomic E-state index is -1.77. The van der Waals surface area contributed by atoms with Crippen LogP contribution in [0.4, 0.5) is 0 Å². The Labute approximate surface area is 281 Å². The Hall–Kier alpha value is -2.94. The van der Waals surface area contributed by atoms with E-state index in [1.807, 2.05) is 0 Å². The Morgan fingerprint density at radius 3 is 1.82 bits per heavy atom. The molecule has 0 bridgehead atoms. The molecule has 49 heavy (non-hydrogen) atoms. The number of aliphatic hydroxyl groups excluding tert-OH is 8. The number of ether oxygens (including phenoxy) is 7. The van der Waals surface area contributed by atoms with Gasteiger partial charge in [0.1, 0.15) is 72.2 Å². The first kappa shape index (κ1) is 37.3. The number of methoxy groups -OCH3 is 1. The molecule has 0 spiro atoms. The van der Waals surface area contributed by atoms with Crippen LogP contribution in [0.1, 0.15) is 25.0 Å². The van der Waals surface area contributed by atoms with Gasteiger partial charge in [0, 0.05) is 6.07 Å². The summed E-state index contributed by atoms with van der Waals surface area (Å²) >= 11 is 0. The smallest absolute Gasteiger partial charge is 0.229 e. The van der Waals surface area contributed by atoms with Gasteiger partial charge in [-0.2, -0.15) is 0 Å². The molecule has 0 aliphatic carbocycles. The molecule has 3 heterocycles. The van der Waals surface area contributed by atoms with Crippen molar-refractivity contribution in [3.63, 3.8) is 0 Å². The van der Waals surface area contributed by atoms with Crippen molar-refractivity contribution in [3.8, 4) is 17.2 Å². The molecule has 0 aromatic heterocycles. The summed E-state index contributed by atoms with van der Waals surface area (Å²) in [6.45, 7) is 2.42. The molecule has 16 nitrogen and oxygen atoms in total.